The summed E-state index contributed by atoms with van der Waals surface area (Å²) in [6.45, 7) is 6.63. The molecule has 1 aliphatic rings. The Balaban J connectivity index is 1.60. The molecular weight excluding hydrogens is 333 g/mol. The van der Waals surface area contributed by atoms with E-state index in [-0.39, 0.29) is 6.10 Å². The molecule has 1 saturated heterocycles. The van der Waals surface area contributed by atoms with Gasteiger partial charge in [0.15, 0.2) is 0 Å². The molecule has 3 rings (SSSR count). The van der Waals surface area contributed by atoms with Crippen molar-refractivity contribution in [3.05, 3.63) is 52.0 Å². The molecular formula is C17H21Cl2N3O. The van der Waals surface area contributed by atoms with E-state index in [1.165, 1.54) is 0 Å². The molecule has 0 aliphatic carbocycles. The summed E-state index contributed by atoms with van der Waals surface area (Å²) in [5, 5.41) is 1.16. The summed E-state index contributed by atoms with van der Waals surface area (Å²) in [5.74, 6) is 1.14. The highest BCUT2D eigenvalue weighted by Crippen LogP contribution is 2.29. The summed E-state index contributed by atoms with van der Waals surface area (Å²) < 4.78 is 8.13. The zero-order valence-electron chi connectivity index (χ0n) is 13.2. The molecule has 0 amide bonds. The first-order chi connectivity index (χ1) is 11.2. The lowest BCUT2D eigenvalue weighted by atomic mass is 10.1. The van der Waals surface area contributed by atoms with Gasteiger partial charge in [0, 0.05) is 45.0 Å². The second kappa shape index (κ2) is 7.67. The van der Waals surface area contributed by atoms with E-state index in [9.17, 15) is 0 Å². The Morgan fingerprint density at radius 1 is 1.26 bits per heavy atom. The van der Waals surface area contributed by atoms with Gasteiger partial charge in [-0.25, -0.2) is 4.98 Å². The number of aryl methyl sites for hydroxylation is 1. The topological polar surface area (TPSA) is 30.3 Å². The average Bonchev–Trinajstić information content (AvgIpc) is 3.03. The molecule has 23 heavy (non-hydrogen) atoms. The van der Waals surface area contributed by atoms with E-state index < -0.39 is 0 Å². The fourth-order valence-corrected chi connectivity index (χ4v) is 3.23. The summed E-state index contributed by atoms with van der Waals surface area (Å²) in [4.78, 5) is 6.80. The van der Waals surface area contributed by atoms with Crippen LogP contribution in [0.4, 0.5) is 0 Å². The van der Waals surface area contributed by atoms with E-state index in [2.05, 4.69) is 27.6 Å². The number of rotatable bonds is 5. The molecule has 1 aliphatic heterocycles. The van der Waals surface area contributed by atoms with Crippen LogP contribution in [0.3, 0.4) is 0 Å². The Morgan fingerprint density at radius 3 is 2.91 bits per heavy atom. The first kappa shape index (κ1) is 16.8. The van der Waals surface area contributed by atoms with Gasteiger partial charge in [-0.3, -0.25) is 4.90 Å². The smallest absolute Gasteiger partial charge is 0.108 e. The number of halogens is 2. The highest BCUT2D eigenvalue weighted by Gasteiger charge is 2.22. The van der Waals surface area contributed by atoms with Gasteiger partial charge in [0.2, 0.25) is 0 Å². The summed E-state index contributed by atoms with van der Waals surface area (Å²) in [6.07, 6.45) is 4.93. The minimum atomic E-state index is 0.0481. The van der Waals surface area contributed by atoms with Crippen LogP contribution in [0.1, 0.15) is 24.4 Å². The third kappa shape index (κ3) is 4.07. The summed E-state index contributed by atoms with van der Waals surface area (Å²) in [6, 6.07) is 5.73. The van der Waals surface area contributed by atoms with Crippen LogP contribution in [0.5, 0.6) is 0 Å². The Morgan fingerprint density at radius 2 is 2.13 bits per heavy atom. The van der Waals surface area contributed by atoms with E-state index in [0.717, 1.165) is 50.6 Å². The molecule has 0 radical (unpaired) electrons. The van der Waals surface area contributed by atoms with Gasteiger partial charge in [0.05, 0.1) is 22.8 Å². The van der Waals surface area contributed by atoms with Gasteiger partial charge in [0.1, 0.15) is 5.82 Å². The molecule has 1 aromatic heterocycles. The van der Waals surface area contributed by atoms with Gasteiger partial charge in [-0.15, -0.1) is 0 Å². The van der Waals surface area contributed by atoms with E-state index in [0.29, 0.717) is 10.0 Å². The predicted octanol–water partition coefficient (Wildman–Crippen LogP) is 3.83. The van der Waals surface area contributed by atoms with Crippen LogP contribution in [0.15, 0.2) is 30.6 Å². The lowest BCUT2D eigenvalue weighted by Crippen LogP contribution is -2.40. The lowest BCUT2D eigenvalue weighted by Gasteiger charge is -2.33. The molecule has 2 aromatic rings. The van der Waals surface area contributed by atoms with Crippen LogP contribution in [0.2, 0.25) is 10.0 Å². The Bertz CT molecular complexity index is 659. The van der Waals surface area contributed by atoms with Crippen molar-refractivity contribution in [2.24, 2.45) is 0 Å². The number of morpholine rings is 1. The van der Waals surface area contributed by atoms with Gasteiger partial charge in [-0.1, -0.05) is 36.2 Å². The van der Waals surface area contributed by atoms with Crippen molar-refractivity contribution >= 4 is 23.2 Å². The van der Waals surface area contributed by atoms with Crippen molar-refractivity contribution in [1.82, 2.24) is 14.5 Å². The van der Waals surface area contributed by atoms with Gasteiger partial charge in [-0.2, -0.15) is 0 Å². The highest BCUT2D eigenvalue weighted by atomic mass is 35.5. The van der Waals surface area contributed by atoms with Crippen LogP contribution in [-0.2, 0) is 17.7 Å². The molecule has 0 N–H and O–H groups in total. The standard InChI is InChI=1S/C17H21Cl2N3O/c1-2-17-20-5-6-22(17)8-7-21-9-10-23-16(12-21)13-3-4-14(18)15(19)11-13/h3-6,11,16H,2,7-10,12H2,1H3/t16-/m1/s1. The molecule has 4 nitrogen and oxygen atoms in total. The van der Waals surface area contributed by atoms with Gasteiger partial charge < -0.3 is 9.30 Å². The van der Waals surface area contributed by atoms with Crippen LogP contribution in [-0.4, -0.2) is 40.7 Å². The summed E-state index contributed by atoms with van der Waals surface area (Å²) in [7, 11) is 0. The molecule has 1 aromatic carbocycles. The monoisotopic (exact) mass is 353 g/mol. The zero-order valence-corrected chi connectivity index (χ0v) is 14.7. The van der Waals surface area contributed by atoms with Gasteiger partial charge in [0.25, 0.3) is 0 Å². The van der Waals surface area contributed by atoms with E-state index in [4.69, 9.17) is 27.9 Å². The number of imidazole rings is 1. The number of hydrogen-bond acceptors (Lipinski definition) is 3. The third-order valence-electron chi connectivity index (χ3n) is 4.24. The molecule has 0 unspecified atom stereocenters. The second-order valence-electron chi connectivity index (χ2n) is 5.72. The molecule has 124 valence electrons. The average molecular weight is 354 g/mol. The third-order valence-corrected chi connectivity index (χ3v) is 4.98. The predicted molar refractivity (Wildman–Crippen MR) is 93.2 cm³/mol. The molecule has 0 bridgehead atoms. The molecule has 2 heterocycles. The van der Waals surface area contributed by atoms with E-state index in [1.807, 2.05) is 24.4 Å². The Labute approximate surface area is 147 Å². The summed E-state index contributed by atoms with van der Waals surface area (Å²) in [5.41, 5.74) is 1.08. The first-order valence-electron chi connectivity index (χ1n) is 7.96. The van der Waals surface area contributed by atoms with Crippen molar-refractivity contribution in [2.75, 3.05) is 26.2 Å². The minimum Gasteiger partial charge on any atom is -0.371 e. The molecule has 1 atom stereocenters. The lowest BCUT2D eigenvalue weighted by molar-refractivity contribution is -0.0309. The number of ether oxygens (including phenoxy) is 1. The van der Waals surface area contributed by atoms with Gasteiger partial charge in [-0.05, 0) is 17.7 Å². The number of nitrogens with zero attached hydrogens (tertiary/aromatic N) is 3. The van der Waals surface area contributed by atoms with E-state index >= 15 is 0 Å². The summed E-state index contributed by atoms with van der Waals surface area (Å²) >= 11 is 12.1. The van der Waals surface area contributed by atoms with E-state index in [1.54, 1.807) is 0 Å². The minimum absolute atomic E-state index is 0.0481. The maximum atomic E-state index is 6.12. The van der Waals surface area contributed by atoms with Crippen LogP contribution in [0, 0.1) is 0 Å². The van der Waals surface area contributed by atoms with Crippen molar-refractivity contribution in [3.63, 3.8) is 0 Å². The normalized spacial score (nSPS) is 19.2. The van der Waals surface area contributed by atoms with Crippen LogP contribution >= 0.6 is 23.2 Å². The fraction of sp³-hybridized carbons (Fsp3) is 0.471. The SMILES string of the molecule is CCc1nccn1CCN1CCO[C@@H](c2ccc(Cl)c(Cl)c2)C1. The van der Waals surface area contributed by atoms with Crippen molar-refractivity contribution in [1.29, 1.82) is 0 Å². The number of aromatic nitrogens is 2. The van der Waals surface area contributed by atoms with Crippen molar-refractivity contribution < 1.29 is 4.74 Å². The Kier molecular flexibility index (Phi) is 5.59. The zero-order chi connectivity index (χ0) is 16.2. The van der Waals surface area contributed by atoms with Crippen LogP contribution in [0.25, 0.3) is 0 Å². The molecule has 1 fully saturated rings. The van der Waals surface area contributed by atoms with Crippen molar-refractivity contribution in [3.8, 4) is 0 Å². The number of hydrogen-bond donors (Lipinski definition) is 0. The maximum absolute atomic E-state index is 6.12. The maximum Gasteiger partial charge on any atom is 0.108 e. The molecule has 0 spiro atoms. The highest BCUT2D eigenvalue weighted by molar-refractivity contribution is 6.42. The quantitative estimate of drug-likeness (QED) is 0.818. The van der Waals surface area contributed by atoms with Gasteiger partial charge >= 0.3 is 0 Å². The second-order valence-corrected chi connectivity index (χ2v) is 6.54. The largest absolute Gasteiger partial charge is 0.371 e. The first-order valence-corrected chi connectivity index (χ1v) is 8.72. The Hall–Kier alpha value is -1.07. The molecule has 0 saturated carbocycles. The van der Waals surface area contributed by atoms with Crippen molar-refractivity contribution in [2.45, 2.75) is 26.0 Å². The number of benzene rings is 1. The van der Waals surface area contributed by atoms with Crippen LogP contribution < -0.4 is 0 Å². The fourth-order valence-electron chi connectivity index (χ4n) is 2.93. The molecule has 6 heteroatoms.